The number of hydrazine groups is 1. The fourth-order valence-electron chi connectivity index (χ4n) is 2.40. The number of carbonyl (C=O) groups is 2. The van der Waals surface area contributed by atoms with Crippen molar-refractivity contribution in [2.24, 2.45) is 0 Å². The molecule has 25 heavy (non-hydrogen) atoms. The van der Waals surface area contributed by atoms with E-state index < -0.39 is 6.03 Å². The molecule has 132 valence electrons. The molecule has 0 spiro atoms. The molecule has 6 nitrogen and oxygen atoms in total. The first kappa shape index (κ1) is 18.0. The van der Waals surface area contributed by atoms with Crippen molar-refractivity contribution in [1.29, 1.82) is 0 Å². The number of aryl methyl sites for hydroxylation is 1. The number of ether oxygens (including phenoxy) is 1. The number of rotatable bonds is 3. The SMILES string of the molecule is Cc1csc(Oc2c(Cl)cc(N3C(=O)N(C)C(=O)CN3C)cc2Cl)c1. The molecular weight excluding hydrogens is 385 g/mol. The molecule has 1 aromatic heterocycles. The second-order valence-electron chi connectivity index (χ2n) is 5.65. The van der Waals surface area contributed by atoms with Crippen LogP contribution in [0.2, 0.25) is 10.0 Å². The van der Waals surface area contributed by atoms with Crippen LogP contribution in [0, 0.1) is 6.92 Å². The zero-order valence-corrected chi connectivity index (χ0v) is 16.1. The monoisotopic (exact) mass is 399 g/mol. The Kier molecular flexibility index (Phi) is 4.92. The number of imide groups is 1. The quantitative estimate of drug-likeness (QED) is 0.767. The molecule has 0 saturated carbocycles. The molecule has 1 aromatic carbocycles. The predicted octanol–water partition coefficient (Wildman–Crippen LogP) is 4.40. The highest BCUT2D eigenvalue weighted by molar-refractivity contribution is 7.12. The molecule has 0 aliphatic carbocycles. The van der Waals surface area contributed by atoms with Gasteiger partial charge in [0.05, 0.1) is 22.3 Å². The third-order valence-corrected chi connectivity index (χ3v) is 5.17. The van der Waals surface area contributed by atoms with Crippen molar-refractivity contribution < 1.29 is 14.3 Å². The number of halogens is 2. The van der Waals surface area contributed by atoms with E-state index in [1.807, 2.05) is 18.4 Å². The van der Waals surface area contributed by atoms with Crippen molar-refractivity contribution in [2.45, 2.75) is 6.92 Å². The molecular formula is C16H15Cl2N3O3S. The average molecular weight is 400 g/mol. The lowest BCUT2D eigenvalue weighted by Crippen LogP contribution is -2.60. The van der Waals surface area contributed by atoms with Crippen molar-refractivity contribution in [3.63, 3.8) is 0 Å². The molecule has 2 aromatic rings. The molecule has 1 fully saturated rings. The van der Waals surface area contributed by atoms with Crippen molar-refractivity contribution >= 4 is 52.2 Å². The van der Waals surface area contributed by atoms with Crippen molar-refractivity contribution in [2.75, 3.05) is 25.6 Å². The summed E-state index contributed by atoms with van der Waals surface area (Å²) < 4.78 is 5.77. The number of amides is 3. The standard InChI is InChI=1S/C16H15Cl2N3O3S/c1-9-4-14(25-8-9)24-15-11(17)5-10(6-12(15)18)21-16(23)20(3)13(22)7-19(21)2/h4-6,8H,7H2,1-3H3. The number of urea groups is 1. The molecule has 0 N–H and O–H groups in total. The highest BCUT2D eigenvalue weighted by Crippen LogP contribution is 2.41. The van der Waals surface area contributed by atoms with Crippen LogP contribution in [0.4, 0.5) is 10.5 Å². The minimum absolute atomic E-state index is 0.0736. The maximum atomic E-state index is 12.4. The Balaban J connectivity index is 1.94. The Morgan fingerprint density at radius 3 is 2.32 bits per heavy atom. The van der Waals surface area contributed by atoms with E-state index in [2.05, 4.69) is 0 Å². The molecule has 0 radical (unpaired) electrons. The lowest BCUT2D eigenvalue weighted by Gasteiger charge is -2.38. The van der Waals surface area contributed by atoms with Crippen LogP contribution >= 0.6 is 34.5 Å². The van der Waals surface area contributed by atoms with Gasteiger partial charge in [0.25, 0.3) is 0 Å². The van der Waals surface area contributed by atoms with Crippen molar-refractivity contribution in [3.8, 4) is 10.8 Å². The first-order valence-corrected chi connectivity index (χ1v) is 8.95. The van der Waals surface area contributed by atoms with E-state index in [0.717, 1.165) is 10.5 Å². The van der Waals surface area contributed by atoms with E-state index in [0.29, 0.717) is 16.5 Å². The molecule has 1 aliphatic heterocycles. The number of carbonyl (C=O) groups excluding carboxylic acids is 2. The van der Waals surface area contributed by atoms with Gasteiger partial charge in [-0.1, -0.05) is 23.2 Å². The van der Waals surface area contributed by atoms with Crippen LogP contribution < -0.4 is 9.75 Å². The van der Waals surface area contributed by atoms with Gasteiger partial charge in [-0.3, -0.25) is 9.69 Å². The molecule has 2 heterocycles. The fraction of sp³-hybridized carbons (Fsp3) is 0.250. The summed E-state index contributed by atoms with van der Waals surface area (Å²) in [6.45, 7) is 2.04. The van der Waals surface area contributed by atoms with Gasteiger partial charge in [-0.05, 0) is 36.1 Å². The first-order chi connectivity index (χ1) is 11.8. The van der Waals surface area contributed by atoms with Gasteiger partial charge in [0, 0.05) is 14.1 Å². The number of nitrogens with zero attached hydrogens (tertiary/aromatic N) is 3. The van der Waals surface area contributed by atoms with Crippen LogP contribution in [-0.4, -0.2) is 42.5 Å². The third kappa shape index (κ3) is 3.46. The Morgan fingerprint density at radius 2 is 1.76 bits per heavy atom. The molecule has 1 aliphatic rings. The fourth-order valence-corrected chi connectivity index (χ4v) is 3.71. The number of hydrogen-bond donors (Lipinski definition) is 0. The molecule has 9 heteroatoms. The Labute approximate surface area is 159 Å². The lowest BCUT2D eigenvalue weighted by atomic mass is 10.2. The van der Waals surface area contributed by atoms with E-state index in [4.69, 9.17) is 27.9 Å². The molecule has 0 bridgehead atoms. The van der Waals surface area contributed by atoms with Gasteiger partial charge < -0.3 is 4.74 Å². The second kappa shape index (κ2) is 6.84. The number of benzene rings is 1. The van der Waals surface area contributed by atoms with Crippen LogP contribution in [0.15, 0.2) is 23.6 Å². The van der Waals surface area contributed by atoms with Gasteiger partial charge in [-0.2, -0.15) is 0 Å². The largest absolute Gasteiger partial charge is 0.444 e. The Morgan fingerprint density at radius 1 is 1.12 bits per heavy atom. The van der Waals surface area contributed by atoms with Gasteiger partial charge in [0.1, 0.15) is 0 Å². The highest BCUT2D eigenvalue weighted by Gasteiger charge is 2.34. The number of hydrogen-bond acceptors (Lipinski definition) is 5. The van der Waals surface area contributed by atoms with Crippen LogP contribution in [0.1, 0.15) is 5.56 Å². The molecule has 3 amide bonds. The molecule has 1 saturated heterocycles. The zero-order chi connectivity index (χ0) is 18.3. The van der Waals surface area contributed by atoms with Crippen LogP contribution in [-0.2, 0) is 4.79 Å². The van der Waals surface area contributed by atoms with Crippen molar-refractivity contribution in [1.82, 2.24) is 9.91 Å². The van der Waals surface area contributed by atoms with Gasteiger partial charge in [-0.15, -0.1) is 11.3 Å². The summed E-state index contributed by atoms with van der Waals surface area (Å²) in [6, 6.07) is 4.57. The van der Waals surface area contributed by atoms with Crippen LogP contribution in [0.5, 0.6) is 10.8 Å². The number of likely N-dealkylation sites (N-methyl/N-ethyl adjacent to an activating group) is 2. The smallest absolute Gasteiger partial charge is 0.345 e. The van der Waals surface area contributed by atoms with E-state index in [-0.39, 0.29) is 22.5 Å². The third-order valence-electron chi connectivity index (χ3n) is 3.68. The predicted molar refractivity (Wildman–Crippen MR) is 98.9 cm³/mol. The maximum absolute atomic E-state index is 12.4. The van der Waals surface area contributed by atoms with E-state index in [1.54, 1.807) is 19.2 Å². The van der Waals surface area contributed by atoms with Gasteiger partial charge in [0.2, 0.25) is 5.91 Å². The average Bonchev–Trinajstić information content (AvgIpc) is 2.94. The summed E-state index contributed by atoms with van der Waals surface area (Å²) in [4.78, 5) is 25.2. The van der Waals surface area contributed by atoms with Crippen LogP contribution in [0.3, 0.4) is 0 Å². The molecule has 3 rings (SSSR count). The molecule has 0 atom stereocenters. The second-order valence-corrected chi connectivity index (χ2v) is 7.33. The molecule has 0 unspecified atom stereocenters. The van der Waals surface area contributed by atoms with Crippen molar-refractivity contribution in [3.05, 3.63) is 39.2 Å². The summed E-state index contributed by atoms with van der Waals surface area (Å²) >= 11 is 14.1. The first-order valence-electron chi connectivity index (χ1n) is 7.31. The zero-order valence-electron chi connectivity index (χ0n) is 13.7. The van der Waals surface area contributed by atoms with E-state index >= 15 is 0 Å². The normalized spacial score (nSPS) is 15.9. The minimum atomic E-state index is -0.478. The summed E-state index contributed by atoms with van der Waals surface area (Å²) in [5.74, 6) is 0.0411. The Bertz CT molecular complexity index is 832. The minimum Gasteiger partial charge on any atom is -0.444 e. The van der Waals surface area contributed by atoms with E-state index in [1.165, 1.54) is 28.4 Å². The topological polar surface area (TPSA) is 53.1 Å². The summed E-state index contributed by atoms with van der Waals surface area (Å²) in [6.07, 6.45) is 0. The number of anilines is 1. The summed E-state index contributed by atoms with van der Waals surface area (Å²) in [5, 5.41) is 6.03. The maximum Gasteiger partial charge on any atom is 0.345 e. The van der Waals surface area contributed by atoms with Gasteiger partial charge in [-0.25, -0.2) is 14.8 Å². The number of thiophene rings is 1. The Hall–Kier alpha value is -1.80. The summed E-state index contributed by atoms with van der Waals surface area (Å²) in [7, 11) is 3.08. The highest BCUT2D eigenvalue weighted by atomic mass is 35.5. The van der Waals surface area contributed by atoms with Gasteiger partial charge >= 0.3 is 6.03 Å². The lowest BCUT2D eigenvalue weighted by molar-refractivity contribution is -0.129. The van der Waals surface area contributed by atoms with E-state index in [9.17, 15) is 9.59 Å². The van der Waals surface area contributed by atoms with Crippen LogP contribution in [0.25, 0.3) is 0 Å². The summed E-state index contributed by atoms with van der Waals surface area (Å²) in [5.41, 5.74) is 1.54. The van der Waals surface area contributed by atoms with Gasteiger partial charge in [0.15, 0.2) is 10.8 Å².